The van der Waals surface area contributed by atoms with Crippen LogP contribution in [0.5, 0.6) is 0 Å². The molecule has 8 heavy (non-hydrogen) atoms. The third-order valence-corrected chi connectivity index (χ3v) is 1.10. The van der Waals surface area contributed by atoms with Crippen LogP contribution >= 0.6 is 0 Å². The fraction of sp³-hybridized carbons (Fsp3) is 0. The number of hydrogen-bond acceptors (Lipinski definition) is 1. The molecule has 42 valence electrons. The van der Waals surface area contributed by atoms with Gasteiger partial charge in [0.05, 0.1) is 0 Å². The van der Waals surface area contributed by atoms with E-state index in [1.54, 1.807) is 6.08 Å². The molecule has 2 heteroatoms. The van der Waals surface area contributed by atoms with E-state index in [0.29, 0.717) is 5.57 Å². The van der Waals surface area contributed by atoms with Crippen molar-refractivity contribution in [2.24, 2.45) is 0 Å². The Labute approximate surface area is 59.5 Å². The zero-order valence-electron chi connectivity index (χ0n) is 4.33. The Hall–Kier alpha value is -0.292. The molecule has 0 fully saturated rings. The molecule has 1 nitrogen and oxygen atoms in total. The van der Waals surface area contributed by atoms with E-state index in [1.807, 2.05) is 10.5 Å². The maximum atomic E-state index is 9.85. The van der Waals surface area contributed by atoms with Crippen LogP contribution in [0.1, 0.15) is 0 Å². The van der Waals surface area contributed by atoms with E-state index < -0.39 is 0 Å². The van der Waals surface area contributed by atoms with Gasteiger partial charge in [-0.2, -0.15) is 0 Å². The Balaban J connectivity index is 3.69. The average molecular weight is 278 g/mol. The first-order valence-electron chi connectivity index (χ1n) is 2.07. The van der Waals surface area contributed by atoms with E-state index >= 15 is 0 Å². The molecule has 0 saturated carbocycles. The summed E-state index contributed by atoms with van der Waals surface area (Å²) in [6.07, 6.45) is 4.22. The molecule has 0 amide bonds. The first kappa shape index (κ1) is 7.71. The van der Waals surface area contributed by atoms with Crippen LogP contribution < -0.4 is 0 Å². The number of allylic oxidation sites excluding steroid dienone is 3. The van der Waals surface area contributed by atoms with Crippen LogP contribution in [-0.2, 0) is 24.1 Å². The number of carbonyl (C=O) groups is 1. The predicted molar refractivity (Wildman–Crippen MR) is 30.4 cm³/mol. The molecule has 0 unspecified atom stereocenters. The van der Waals surface area contributed by atoms with Crippen LogP contribution in [0.3, 0.4) is 0 Å². The van der Waals surface area contributed by atoms with Crippen LogP contribution in [0, 0.1) is 0 Å². The van der Waals surface area contributed by atoms with Crippen molar-refractivity contribution in [2.45, 2.75) is 0 Å². The summed E-state index contributed by atoms with van der Waals surface area (Å²) < 4.78 is 1.93. The molecule has 0 rings (SSSR count). The van der Waals surface area contributed by atoms with Crippen molar-refractivity contribution in [3.63, 3.8) is 0 Å². The summed E-state index contributed by atoms with van der Waals surface area (Å²) >= 11 is 1.37. The van der Waals surface area contributed by atoms with Gasteiger partial charge in [0.2, 0.25) is 0 Å². The van der Waals surface area contributed by atoms with Crippen molar-refractivity contribution in [1.29, 1.82) is 0 Å². The van der Waals surface area contributed by atoms with Crippen LogP contribution in [0.2, 0.25) is 0 Å². The minimum atomic E-state index is 0.516. The van der Waals surface area contributed by atoms with Gasteiger partial charge in [0.15, 0.2) is 0 Å². The Morgan fingerprint density at radius 3 is 2.62 bits per heavy atom. The number of hydrogen-bond donors (Lipinski definition) is 0. The molecule has 0 heterocycles. The molecule has 0 aliphatic carbocycles. The van der Waals surface area contributed by atoms with Gasteiger partial charge in [0, 0.05) is 0 Å². The standard InChI is InChI=1S/C6H6O.W/c1-3-4-6(2)5-7;/h1,3-5H,2H2;/b4-3-;. The molecule has 0 radical (unpaired) electrons. The van der Waals surface area contributed by atoms with E-state index in [1.165, 1.54) is 19.4 Å². The fourth-order valence-corrected chi connectivity index (χ4v) is 0.484. The predicted octanol–water partition coefficient (Wildman–Crippen LogP) is 0.647. The number of carbonyl (C=O) groups excluding carboxylic acids is 1. The van der Waals surface area contributed by atoms with Crippen molar-refractivity contribution in [2.75, 3.05) is 0 Å². The van der Waals surface area contributed by atoms with Crippen LogP contribution in [0.4, 0.5) is 0 Å². The summed E-state index contributed by atoms with van der Waals surface area (Å²) in [7, 11) is 0. The van der Waals surface area contributed by atoms with Gasteiger partial charge in [-0.05, 0) is 0 Å². The maximum absolute atomic E-state index is 9.85. The molecule has 0 aromatic carbocycles. The Kier molecular flexibility index (Phi) is 4.68. The Morgan fingerprint density at radius 2 is 2.25 bits per heavy atom. The van der Waals surface area contributed by atoms with E-state index in [4.69, 9.17) is 0 Å². The summed E-state index contributed by atoms with van der Waals surface area (Å²) in [6.45, 7) is 3.45. The van der Waals surface area contributed by atoms with Crippen molar-refractivity contribution in [3.8, 4) is 0 Å². The molecule has 0 atom stereocenters. The summed E-state index contributed by atoms with van der Waals surface area (Å²) in [5.41, 5.74) is 0.516. The van der Waals surface area contributed by atoms with E-state index in [0.717, 1.165) is 6.29 Å². The minimum absolute atomic E-state index is 0.516. The van der Waals surface area contributed by atoms with Gasteiger partial charge in [0.1, 0.15) is 0 Å². The Bertz CT molecular complexity index is 135. The van der Waals surface area contributed by atoms with Gasteiger partial charge in [-0.25, -0.2) is 0 Å². The molecule has 0 N–H and O–H groups in total. The second-order valence-corrected chi connectivity index (χ2v) is 2.17. The normalized spacial score (nSPS) is 9.00. The van der Waals surface area contributed by atoms with Crippen LogP contribution in [0.25, 0.3) is 0 Å². The third kappa shape index (κ3) is 3.88. The number of rotatable bonds is 3. The van der Waals surface area contributed by atoms with Gasteiger partial charge in [-0.3, -0.25) is 0 Å². The van der Waals surface area contributed by atoms with Crippen molar-refractivity contribution in [1.82, 2.24) is 0 Å². The van der Waals surface area contributed by atoms with E-state index in [2.05, 4.69) is 6.58 Å². The summed E-state index contributed by atoms with van der Waals surface area (Å²) in [5, 5.41) is 0. The molecule has 0 spiro atoms. The average Bonchev–Trinajstić information content (AvgIpc) is 1.83. The van der Waals surface area contributed by atoms with Gasteiger partial charge in [0.25, 0.3) is 0 Å². The summed E-state index contributed by atoms with van der Waals surface area (Å²) in [6, 6.07) is 0. The van der Waals surface area contributed by atoms with Crippen LogP contribution in [-0.4, -0.2) is 10.7 Å². The number of aldehydes is 1. The zero-order chi connectivity index (χ0) is 6.41. The molecular formula is C6H6OW. The monoisotopic (exact) mass is 278 g/mol. The molecular weight excluding hydrogens is 272 g/mol. The third-order valence-electron chi connectivity index (χ3n) is 0.540. The van der Waals surface area contributed by atoms with Crippen LogP contribution in [0.15, 0.2) is 24.3 Å². The van der Waals surface area contributed by atoms with Gasteiger partial charge < -0.3 is 0 Å². The molecule has 0 aromatic heterocycles. The van der Waals surface area contributed by atoms with E-state index in [9.17, 15) is 4.79 Å². The SMILES string of the molecule is C=C(C=O)/C=C\[CH]=[W]. The first-order valence-corrected chi connectivity index (χ1v) is 3.76. The van der Waals surface area contributed by atoms with Crippen molar-refractivity contribution >= 4 is 10.7 Å². The summed E-state index contributed by atoms with van der Waals surface area (Å²) in [5.74, 6) is 0. The quantitative estimate of drug-likeness (QED) is 0.421. The molecule has 0 saturated heterocycles. The topological polar surface area (TPSA) is 17.1 Å². The Morgan fingerprint density at radius 1 is 1.62 bits per heavy atom. The first-order chi connectivity index (χ1) is 3.81. The van der Waals surface area contributed by atoms with E-state index in [-0.39, 0.29) is 0 Å². The molecule has 0 bridgehead atoms. The molecule has 0 aromatic rings. The van der Waals surface area contributed by atoms with Crippen molar-refractivity contribution in [3.05, 3.63) is 24.3 Å². The van der Waals surface area contributed by atoms with Gasteiger partial charge in [-0.15, -0.1) is 0 Å². The summed E-state index contributed by atoms with van der Waals surface area (Å²) in [4.78, 5) is 9.85. The molecule has 0 aliphatic heterocycles. The molecule has 0 aliphatic rings. The fourth-order valence-electron chi connectivity index (χ4n) is 0.202. The van der Waals surface area contributed by atoms with Gasteiger partial charge >= 0.3 is 59.1 Å². The zero-order valence-corrected chi connectivity index (χ0v) is 7.27. The second kappa shape index (κ2) is 4.86. The van der Waals surface area contributed by atoms with Crippen molar-refractivity contribution < 1.29 is 24.1 Å². The second-order valence-electron chi connectivity index (χ2n) is 1.19. The van der Waals surface area contributed by atoms with Gasteiger partial charge in [-0.1, -0.05) is 0 Å².